The molecule has 0 aromatic carbocycles. The Morgan fingerprint density at radius 2 is 2.60 bits per heavy atom. The number of aromatic amines is 1. The van der Waals surface area contributed by atoms with Gasteiger partial charge in [0.1, 0.15) is 0 Å². The first-order valence-electron chi connectivity index (χ1n) is 5.25. The molecule has 82 valence electrons. The summed E-state index contributed by atoms with van der Waals surface area (Å²) in [5.74, 6) is 0. The van der Waals surface area contributed by atoms with Gasteiger partial charge in [-0.05, 0) is 19.3 Å². The first-order valence-corrected chi connectivity index (χ1v) is 5.25. The van der Waals surface area contributed by atoms with E-state index in [1.807, 2.05) is 0 Å². The average Bonchev–Trinajstić information content (AvgIpc) is 2.71. The van der Waals surface area contributed by atoms with Gasteiger partial charge in [0.15, 0.2) is 0 Å². The molecular weight excluding hydrogens is 194 g/mol. The van der Waals surface area contributed by atoms with E-state index in [0.29, 0.717) is 6.10 Å². The molecule has 2 heterocycles. The van der Waals surface area contributed by atoms with Crippen LogP contribution in [0.3, 0.4) is 0 Å². The number of hydrogen-bond acceptors (Lipinski definition) is 4. The van der Waals surface area contributed by atoms with Crippen LogP contribution in [0.25, 0.3) is 0 Å². The highest BCUT2D eigenvalue weighted by molar-refractivity contribution is 5.38. The molecule has 0 aliphatic carbocycles. The minimum atomic E-state index is -0.183. The molecule has 1 aromatic heterocycles. The van der Waals surface area contributed by atoms with Gasteiger partial charge in [0.25, 0.3) is 5.56 Å². The molecule has 1 aliphatic heterocycles. The van der Waals surface area contributed by atoms with E-state index in [9.17, 15) is 4.79 Å². The molecular formula is C10H15N3O2. The van der Waals surface area contributed by atoms with Crippen LogP contribution in [0.15, 0.2) is 17.1 Å². The Balaban J connectivity index is 1.75. The van der Waals surface area contributed by atoms with Gasteiger partial charge in [-0.25, -0.2) is 5.10 Å². The van der Waals surface area contributed by atoms with Gasteiger partial charge in [0.2, 0.25) is 0 Å². The zero-order chi connectivity index (χ0) is 10.5. The summed E-state index contributed by atoms with van der Waals surface area (Å²) in [6, 6.07) is 1.50. The van der Waals surface area contributed by atoms with Gasteiger partial charge < -0.3 is 10.1 Å². The molecule has 0 saturated carbocycles. The smallest absolute Gasteiger partial charge is 0.266 e. The molecule has 1 aromatic rings. The number of nitrogens with zero attached hydrogens (tertiary/aromatic N) is 1. The Labute approximate surface area is 87.8 Å². The fourth-order valence-electron chi connectivity index (χ4n) is 1.72. The van der Waals surface area contributed by atoms with E-state index < -0.39 is 0 Å². The fraction of sp³-hybridized carbons (Fsp3) is 0.600. The number of nitrogens with one attached hydrogen (secondary N) is 2. The Morgan fingerprint density at radius 3 is 3.33 bits per heavy atom. The van der Waals surface area contributed by atoms with Crippen molar-refractivity contribution < 1.29 is 4.74 Å². The third-order valence-electron chi connectivity index (χ3n) is 2.48. The van der Waals surface area contributed by atoms with Crippen molar-refractivity contribution >= 4 is 5.69 Å². The Morgan fingerprint density at radius 1 is 1.67 bits per heavy atom. The van der Waals surface area contributed by atoms with E-state index in [0.717, 1.165) is 38.1 Å². The molecule has 2 rings (SSSR count). The second kappa shape index (κ2) is 4.93. The molecule has 0 bridgehead atoms. The summed E-state index contributed by atoms with van der Waals surface area (Å²) in [5.41, 5.74) is 0.578. The van der Waals surface area contributed by atoms with E-state index in [2.05, 4.69) is 15.5 Å². The number of anilines is 1. The molecule has 0 radical (unpaired) electrons. The number of aromatic nitrogens is 2. The van der Waals surface area contributed by atoms with Gasteiger partial charge >= 0.3 is 0 Å². The van der Waals surface area contributed by atoms with Crippen molar-refractivity contribution in [3.63, 3.8) is 0 Å². The van der Waals surface area contributed by atoms with E-state index >= 15 is 0 Å². The Hall–Kier alpha value is -1.36. The molecule has 1 unspecified atom stereocenters. The molecule has 2 N–H and O–H groups in total. The lowest BCUT2D eigenvalue weighted by molar-refractivity contribution is 0.107. The monoisotopic (exact) mass is 209 g/mol. The van der Waals surface area contributed by atoms with Crippen molar-refractivity contribution in [2.45, 2.75) is 25.4 Å². The maximum atomic E-state index is 10.9. The van der Waals surface area contributed by atoms with Crippen LogP contribution in [0.5, 0.6) is 0 Å². The molecule has 5 heteroatoms. The van der Waals surface area contributed by atoms with Crippen molar-refractivity contribution in [2.24, 2.45) is 0 Å². The van der Waals surface area contributed by atoms with Crippen LogP contribution in [-0.2, 0) is 4.74 Å². The lowest BCUT2D eigenvalue weighted by atomic mass is 10.2. The lowest BCUT2D eigenvalue weighted by Gasteiger charge is -2.10. The summed E-state index contributed by atoms with van der Waals surface area (Å²) in [6.07, 6.45) is 5.28. The van der Waals surface area contributed by atoms with Gasteiger partial charge in [0.05, 0.1) is 18.0 Å². The highest BCUT2D eigenvalue weighted by atomic mass is 16.5. The third-order valence-corrected chi connectivity index (χ3v) is 2.48. The molecule has 0 spiro atoms. The summed E-state index contributed by atoms with van der Waals surface area (Å²) < 4.78 is 5.49. The fourth-order valence-corrected chi connectivity index (χ4v) is 1.72. The molecule has 0 amide bonds. The van der Waals surface area contributed by atoms with Crippen molar-refractivity contribution in [3.05, 3.63) is 22.6 Å². The summed E-state index contributed by atoms with van der Waals surface area (Å²) >= 11 is 0. The van der Waals surface area contributed by atoms with Gasteiger partial charge in [0, 0.05) is 19.2 Å². The van der Waals surface area contributed by atoms with Crippen molar-refractivity contribution in [2.75, 3.05) is 18.5 Å². The predicted molar refractivity (Wildman–Crippen MR) is 56.9 cm³/mol. The normalized spacial score (nSPS) is 20.4. The summed E-state index contributed by atoms with van der Waals surface area (Å²) in [4.78, 5) is 10.9. The van der Waals surface area contributed by atoms with Crippen LogP contribution < -0.4 is 10.9 Å². The number of ether oxygens (including phenoxy) is 1. The first-order chi connectivity index (χ1) is 7.34. The second-order valence-electron chi connectivity index (χ2n) is 3.68. The summed E-state index contributed by atoms with van der Waals surface area (Å²) in [5, 5.41) is 9.19. The zero-order valence-corrected chi connectivity index (χ0v) is 8.53. The maximum absolute atomic E-state index is 10.9. The molecule has 1 atom stereocenters. The number of H-pyrrole nitrogens is 1. The summed E-state index contributed by atoms with van der Waals surface area (Å²) in [6.45, 7) is 1.70. The SMILES string of the molecule is O=c1cc(NCCC2CCCO2)cn[nH]1. The van der Waals surface area contributed by atoms with Gasteiger partial charge in [-0.3, -0.25) is 4.79 Å². The predicted octanol–water partition coefficient (Wildman–Crippen LogP) is 0.751. The Bertz CT molecular complexity index is 358. The van der Waals surface area contributed by atoms with E-state index in [1.54, 1.807) is 6.20 Å². The van der Waals surface area contributed by atoms with Gasteiger partial charge in [-0.15, -0.1) is 0 Å². The number of rotatable bonds is 4. The van der Waals surface area contributed by atoms with Crippen molar-refractivity contribution in [3.8, 4) is 0 Å². The van der Waals surface area contributed by atoms with Gasteiger partial charge in [-0.1, -0.05) is 0 Å². The van der Waals surface area contributed by atoms with E-state index in [4.69, 9.17) is 4.74 Å². The zero-order valence-electron chi connectivity index (χ0n) is 8.53. The quantitative estimate of drug-likeness (QED) is 0.768. The lowest BCUT2D eigenvalue weighted by Crippen LogP contribution is -2.14. The van der Waals surface area contributed by atoms with Gasteiger partial charge in [-0.2, -0.15) is 5.10 Å². The first kappa shape index (κ1) is 10.2. The second-order valence-corrected chi connectivity index (χ2v) is 3.68. The topological polar surface area (TPSA) is 67.0 Å². The highest BCUT2D eigenvalue weighted by Gasteiger charge is 2.14. The van der Waals surface area contributed by atoms with Crippen LogP contribution in [0.1, 0.15) is 19.3 Å². The summed E-state index contributed by atoms with van der Waals surface area (Å²) in [7, 11) is 0. The molecule has 5 nitrogen and oxygen atoms in total. The van der Waals surface area contributed by atoms with Crippen LogP contribution in [-0.4, -0.2) is 29.5 Å². The molecule has 1 fully saturated rings. The molecule has 1 saturated heterocycles. The maximum Gasteiger partial charge on any atom is 0.266 e. The highest BCUT2D eigenvalue weighted by Crippen LogP contribution is 2.15. The average molecular weight is 209 g/mol. The van der Waals surface area contributed by atoms with Crippen molar-refractivity contribution in [1.82, 2.24) is 10.2 Å². The standard InChI is InChI=1S/C10H15N3O2/c14-10-6-8(7-12-13-10)11-4-3-9-2-1-5-15-9/h6-7,9H,1-5H2,(H2,11,13,14). The van der Waals surface area contributed by atoms with Crippen LogP contribution >= 0.6 is 0 Å². The van der Waals surface area contributed by atoms with Crippen LogP contribution in [0.4, 0.5) is 5.69 Å². The van der Waals surface area contributed by atoms with Crippen LogP contribution in [0.2, 0.25) is 0 Å². The molecule has 1 aliphatic rings. The van der Waals surface area contributed by atoms with E-state index in [-0.39, 0.29) is 5.56 Å². The minimum absolute atomic E-state index is 0.183. The minimum Gasteiger partial charge on any atom is -0.383 e. The van der Waals surface area contributed by atoms with Crippen LogP contribution in [0, 0.1) is 0 Å². The number of hydrogen-bond donors (Lipinski definition) is 2. The van der Waals surface area contributed by atoms with E-state index in [1.165, 1.54) is 6.07 Å². The third kappa shape index (κ3) is 3.06. The molecule has 15 heavy (non-hydrogen) atoms. The largest absolute Gasteiger partial charge is 0.383 e. The Kier molecular flexibility index (Phi) is 3.34. The van der Waals surface area contributed by atoms with Crippen molar-refractivity contribution in [1.29, 1.82) is 0 Å².